The maximum atomic E-state index is 13.1. The SMILES string of the molecule is CS(=O)(=O)C1CCCC(C2NCCCC2C(F)(F)F)C1. The molecular formula is C13H22F3NO2S. The third-order valence-electron chi connectivity index (χ3n) is 4.71. The zero-order valence-corrected chi connectivity index (χ0v) is 12.4. The van der Waals surface area contributed by atoms with Crippen molar-refractivity contribution in [3.63, 3.8) is 0 Å². The van der Waals surface area contributed by atoms with Gasteiger partial charge in [0.25, 0.3) is 0 Å². The van der Waals surface area contributed by atoms with Gasteiger partial charge in [-0.3, -0.25) is 0 Å². The van der Waals surface area contributed by atoms with Gasteiger partial charge >= 0.3 is 6.18 Å². The van der Waals surface area contributed by atoms with E-state index in [-0.39, 0.29) is 12.3 Å². The fourth-order valence-corrected chi connectivity index (χ4v) is 4.86. The lowest BCUT2D eigenvalue weighted by Gasteiger charge is -2.41. The van der Waals surface area contributed by atoms with Crippen LogP contribution in [0.3, 0.4) is 0 Å². The summed E-state index contributed by atoms with van der Waals surface area (Å²) in [6.45, 7) is 0.595. The molecule has 1 aliphatic heterocycles. The van der Waals surface area contributed by atoms with Crippen molar-refractivity contribution in [3.05, 3.63) is 0 Å². The molecule has 1 N–H and O–H groups in total. The first-order chi connectivity index (χ1) is 9.19. The van der Waals surface area contributed by atoms with Gasteiger partial charge in [0, 0.05) is 12.3 Å². The molecule has 1 saturated carbocycles. The number of alkyl halides is 3. The van der Waals surface area contributed by atoms with Gasteiger partial charge in [0.15, 0.2) is 0 Å². The monoisotopic (exact) mass is 313 g/mol. The zero-order chi connectivity index (χ0) is 15.0. The van der Waals surface area contributed by atoms with E-state index in [9.17, 15) is 21.6 Å². The predicted octanol–water partition coefficient (Wildman–Crippen LogP) is 2.52. The molecule has 0 bridgehead atoms. The van der Waals surface area contributed by atoms with Crippen molar-refractivity contribution in [2.45, 2.75) is 56.0 Å². The fraction of sp³-hybridized carbons (Fsp3) is 1.00. The Kier molecular flexibility index (Phi) is 4.69. The minimum absolute atomic E-state index is 0.154. The Hall–Kier alpha value is -0.300. The molecule has 0 radical (unpaired) electrons. The summed E-state index contributed by atoms with van der Waals surface area (Å²) in [6.07, 6.45) is 0.0130. The van der Waals surface area contributed by atoms with Crippen LogP contribution in [0.15, 0.2) is 0 Å². The van der Waals surface area contributed by atoms with Crippen LogP contribution in [0.25, 0.3) is 0 Å². The number of piperidine rings is 1. The highest BCUT2D eigenvalue weighted by Crippen LogP contribution is 2.41. The molecule has 0 amide bonds. The third-order valence-corrected chi connectivity index (χ3v) is 6.35. The zero-order valence-electron chi connectivity index (χ0n) is 11.6. The summed E-state index contributed by atoms with van der Waals surface area (Å²) >= 11 is 0. The smallest absolute Gasteiger partial charge is 0.313 e. The average Bonchev–Trinajstić information content (AvgIpc) is 2.37. The summed E-state index contributed by atoms with van der Waals surface area (Å²) < 4.78 is 62.7. The summed E-state index contributed by atoms with van der Waals surface area (Å²) in [6, 6.07) is -0.617. The Labute approximate surface area is 118 Å². The molecule has 0 aromatic heterocycles. The van der Waals surface area contributed by atoms with E-state index in [1.54, 1.807) is 0 Å². The van der Waals surface area contributed by atoms with Crippen molar-refractivity contribution in [2.24, 2.45) is 11.8 Å². The summed E-state index contributed by atoms with van der Waals surface area (Å²) in [4.78, 5) is 0. The van der Waals surface area contributed by atoms with Gasteiger partial charge in [0.2, 0.25) is 0 Å². The first-order valence-electron chi connectivity index (χ1n) is 7.18. The standard InChI is InChI=1S/C13H22F3NO2S/c1-20(18,19)10-5-2-4-9(8-10)12-11(13(14,15)16)6-3-7-17-12/h9-12,17H,2-8H2,1H3. The second-order valence-electron chi connectivity index (χ2n) is 6.15. The highest BCUT2D eigenvalue weighted by atomic mass is 32.2. The highest BCUT2D eigenvalue weighted by molar-refractivity contribution is 7.91. The molecule has 2 aliphatic rings. The number of halogens is 3. The van der Waals surface area contributed by atoms with Crippen molar-refractivity contribution >= 4 is 9.84 Å². The first-order valence-corrected chi connectivity index (χ1v) is 9.14. The quantitative estimate of drug-likeness (QED) is 0.852. The first kappa shape index (κ1) is 16.1. The van der Waals surface area contributed by atoms with Gasteiger partial charge in [-0.05, 0) is 44.6 Å². The molecule has 2 rings (SSSR count). The molecule has 1 saturated heterocycles. The van der Waals surface area contributed by atoms with Crippen LogP contribution in [0.1, 0.15) is 38.5 Å². The van der Waals surface area contributed by atoms with E-state index >= 15 is 0 Å². The van der Waals surface area contributed by atoms with Gasteiger partial charge in [0.05, 0.1) is 11.2 Å². The van der Waals surface area contributed by atoms with E-state index in [0.29, 0.717) is 38.6 Å². The van der Waals surface area contributed by atoms with E-state index in [2.05, 4.69) is 5.32 Å². The Morgan fingerprint density at radius 3 is 2.40 bits per heavy atom. The Morgan fingerprint density at radius 2 is 1.80 bits per heavy atom. The van der Waals surface area contributed by atoms with Gasteiger partial charge in [0.1, 0.15) is 9.84 Å². The summed E-state index contributed by atoms with van der Waals surface area (Å²) in [5.41, 5.74) is 0. The van der Waals surface area contributed by atoms with Crippen molar-refractivity contribution in [3.8, 4) is 0 Å². The number of hydrogen-bond donors (Lipinski definition) is 1. The van der Waals surface area contributed by atoms with Gasteiger partial charge in [-0.1, -0.05) is 6.42 Å². The van der Waals surface area contributed by atoms with Crippen LogP contribution in [0.4, 0.5) is 13.2 Å². The van der Waals surface area contributed by atoms with Gasteiger partial charge < -0.3 is 5.32 Å². The van der Waals surface area contributed by atoms with Crippen molar-refractivity contribution < 1.29 is 21.6 Å². The van der Waals surface area contributed by atoms with Crippen LogP contribution in [0.2, 0.25) is 0 Å². The van der Waals surface area contributed by atoms with Crippen molar-refractivity contribution in [2.75, 3.05) is 12.8 Å². The van der Waals surface area contributed by atoms with E-state index < -0.39 is 33.2 Å². The molecule has 2 fully saturated rings. The van der Waals surface area contributed by atoms with E-state index in [0.717, 1.165) is 0 Å². The molecular weight excluding hydrogens is 291 g/mol. The Balaban J connectivity index is 2.12. The van der Waals surface area contributed by atoms with Gasteiger partial charge in [-0.15, -0.1) is 0 Å². The van der Waals surface area contributed by atoms with Crippen LogP contribution in [0, 0.1) is 11.8 Å². The molecule has 1 heterocycles. The molecule has 4 atom stereocenters. The summed E-state index contributed by atoms with van der Waals surface area (Å²) in [5.74, 6) is -1.52. The molecule has 20 heavy (non-hydrogen) atoms. The second kappa shape index (κ2) is 5.83. The van der Waals surface area contributed by atoms with Gasteiger partial charge in [-0.25, -0.2) is 8.42 Å². The number of hydrogen-bond acceptors (Lipinski definition) is 3. The molecule has 1 aliphatic carbocycles. The Bertz CT molecular complexity index is 435. The third kappa shape index (κ3) is 3.67. The average molecular weight is 313 g/mol. The second-order valence-corrected chi connectivity index (χ2v) is 8.47. The molecule has 4 unspecified atom stereocenters. The minimum Gasteiger partial charge on any atom is -0.313 e. The molecule has 0 aromatic carbocycles. The van der Waals surface area contributed by atoms with Crippen LogP contribution < -0.4 is 5.32 Å². The van der Waals surface area contributed by atoms with Crippen LogP contribution in [-0.4, -0.2) is 38.7 Å². The van der Waals surface area contributed by atoms with Crippen molar-refractivity contribution in [1.29, 1.82) is 0 Å². The molecule has 7 heteroatoms. The predicted molar refractivity (Wildman–Crippen MR) is 71.2 cm³/mol. The van der Waals surface area contributed by atoms with Gasteiger partial charge in [-0.2, -0.15) is 13.2 Å². The lowest BCUT2D eigenvalue weighted by molar-refractivity contribution is -0.193. The number of rotatable bonds is 2. The van der Waals surface area contributed by atoms with E-state index in [4.69, 9.17) is 0 Å². The van der Waals surface area contributed by atoms with Crippen LogP contribution in [0.5, 0.6) is 0 Å². The summed E-state index contributed by atoms with van der Waals surface area (Å²) in [7, 11) is -3.16. The fourth-order valence-electron chi connectivity index (χ4n) is 3.67. The Morgan fingerprint density at radius 1 is 1.10 bits per heavy atom. The number of nitrogens with one attached hydrogen (secondary N) is 1. The maximum Gasteiger partial charge on any atom is 0.393 e. The van der Waals surface area contributed by atoms with Crippen LogP contribution >= 0.6 is 0 Å². The van der Waals surface area contributed by atoms with Crippen molar-refractivity contribution in [1.82, 2.24) is 5.32 Å². The number of sulfone groups is 1. The normalized spacial score (nSPS) is 36.8. The molecule has 0 spiro atoms. The molecule has 118 valence electrons. The minimum atomic E-state index is -4.20. The lowest BCUT2D eigenvalue weighted by atomic mass is 9.75. The van der Waals surface area contributed by atoms with E-state index in [1.165, 1.54) is 6.26 Å². The molecule has 0 aromatic rings. The topological polar surface area (TPSA) is 46.2 Å². The summed E-state index contributed by atoms with van der Waals surface area (Å²) in [5, 5.41) is 2.53. The maximum absolute atomic E-state index is 13.1. The molecule has 3 nitrogen and oxygen atoms in total. The lowest BCUT2D eigenvalue weighted by Crippen LogP contribution is -2.53. The van der Waals surface area contributed by atoms with Crippen LogP contribution in [-0.2, 0) is 9.84 Å². The van der Waals surface area contributed by atoms with E-state index in [1.807, 2.05) is 0 Å². The largest absolute Gasteiger partial charge is 0.393 e. The highest BCUT2D eigenvalue weighted by Gasteiger charge is 2.48.